The van der Waals surface area contributed by atoms with Crippen molar-refractivity contribution in [2.75, 3.05) is 30.4 Å². The van der Waals surface area contributed by atoms with E-state index >= 15 is 8.78 Å². The lowest BCUT2D eigenvalue weighted by Crippen LogP contribution is -2.64. The monoisotopic (exact) mass is 618 g/mol. The highest BCUT2D eigenvalue weighted by molar-refractivity contribution is 6.10. The van der Waals surface area contributed by atoms with Crippen molar-refractivity contribution in [2.24, 2.45) is 0 Å². The Labute approximate surface area is 257 Å². The van der Waals surface area contributed by atoms with Gasteiger partial charge < -0.3 is 25.0 Å². The molecule has 1 aromatic carbocycles. The minimum atomic E-state index is -1.18. The molecule has 2 aliphatic rings. The molecule has 2 aliphatic heterocycles. The number of fused-ring (bicyclic) bond motifs is 5. The largest absolute Gasteiger partial charge is 0.496 e. The summed E-state index contributed by atoms with van der Waals surface area (Å²) in [5, 5.41) is 12.6. The van der Waals surface area contributed by atoms with Crippen LogP contribution in [-0.4, -0.2) is 68.8 Å². The molecule has 0 aliphatic carbocycles. The Bertz CT molecular complexity index is 1980. The first-order chi connectivity index (χ1) is 21.3. The van der Waals surface area contributed by atoms with Crippen LogP contribution in [0.2, 0.25) is 0 Å². The van der Waals surface area contributed by atoms with E-state index in [-0.39, 0.29) is 58.4 Å². The normalized spacial score (nSPS) is 17.8. The number of piperazine rings is 1. The number of halogens is 2. The van der Waals surface area contributed by atoms with Crippen LogP contribution in [0.4, 0.5) is 25.0 Å². The predicted octanol–water partition coefficient (Wildman–Crippen LogP) is 4.98. The maximum Gasteiger partial charge on any atom is 0.407 e. The molecule has 0 saturated carbocycles. The van der Waals surface area contributed by atoms with Crippen molar-refractivity contribution >= 4 is 34.4 Å². The quantitative estimate of drug-likeness (QED) is 0.328. The predicted molar refractivity (Wildman–Crippen MR) is 165 cm³/mol. The van der Waals surface area contributed by atoms with Crippen LogP contribution in [-0.2, 0) is 4.79 Å². The van der Waals surface area contributed by atoms with E-state index in [2.05, 4.69) is 10.3 Å². The van der Waals surface area contributed by atoms with Crippen molar-refractivity contribution in [3.63, 3.8) is 0 Å². The van der Waals surface area contributed by atoms with Gasteiger partial charge in [-0.1, -0.05) is 19.9 Å². The van der Waals surface area contributed by atoms with Gasteiger partial charge in [-0.25, -0.2) is 18.6 Å². The summed E-state index contributed by atoms with van der Waals surface area (Å²) in [5.74, 6) is -2.31. The minimum Gasteiger partial charge on any atom is -0.496 e. The van der Waals surface area contributed by atoms with Gasteiger partial charge in [0.2, 0.25) is 5.91 Å². The van der Waals surface area contributed by atoms with Gasteiger partial charge in [0.25, 0.3) is 5.56 Å². The summed E-state index contributed by atoms with van der Waals surface area (Å²) in [7, 11) is 1.33. The molecule has 1 fully saturated rings. The number of hydrogen-bond donors (Lipinski definition) is 2. The van der Waals surface area contributed by atoms with Gasteiger partial charge in [0.1, 0.15) is 29.0 Å². The Morgan fingerprint density at radius 1 is 1.09 bits per heavy atom. The van der Waals surface area contributed by atoms with Crippen LogP contribution in [0.3, 0.4) is 0 Å². The number of aryl methyl sites for hydroxylation is 2. The first-order valence-corrected chi connectivity index (χ1v) is 14.5. The number of amides is 2. The number of carboxylic acid groups (broad SMARTS) is 1. The molecule has 6 rings (SSSR count). The Hall–Kier alpha value is -5.07. The summed E-state index contributed by atoms with van der Waals surface area (Å²) in [6.45, 7) is 9.10. The van der Waals surface area contributed by atoms with Crippen LogP contribution < -0.4 is 20.5 Å². The number of pyridine rings is 3. The molecule has 2 amide bonds. The van der Waals surface area contributed by atoms with Crippen molar-refractivity contribution in [1.82, 2.24) is 19.4 Å². The third kappa shape index (κ3) is 4.64. The number of methoxy groups -OCH3 is 1. The Morgan fingerprint density at radius 2 is 1.82 bits per heavy atom. The number of carbonyl (C=O) groups excluding carboxylic acids is 1. The van der Waals surface area contributed by atoms with Gasteiger partial charge in [0, 0.05) is 23.7 Å². The number of anilines is 2. The van der Waals surface area contributed by atoms with E-state index in [0.717, 1.165) is 16.7 Å². The molecule has 0 bridgehead atoms. The molecule has 4 aromatic rings. The molecular weight excluding hydrogens is 586 g/mol. The fraction of sp³-hybridized carbons (Fsp3) is 0.344. The van der Waals surface area contributed by atoms with Crippen molar-refractivity contribution in [3.05, 3.63) is 69.3 Å². The van der Waals surface area contributed by atoms with Crippen LogP contribution in [0.5, 0.6) is 5.75 Å². The second-order valence-electron chi connectivity index (χ2n) is 11.8. The number of hydrogen-bond acceptors (Lipinski definition) is 7. The molecule has 45 heavy (non-hydrogen) atoms. The highest BCUT2D eigenvalue weighted by atomic mass is 19.1. The van der Waals surface area contributed by atoms with Crippen LogP contribution in [0, 0.1) is 25.5 Å². The molecule has 5 heterocycles. The number of nitrogens with one attached hydrogen (secondary N) is 1. The molecule has 0 spiro atoms. The van der Waals surface area contributed by atoms with Gasteiger partial charge in [-0.2, -0.15) is 0 Å². The lowest BCUT2D eigenvalue weighted by atomic mass is 9.99. The van der Waals surface area contributed by atoms with Crippen LogP contribution in [0.15, 0.2) is 35.1 Å². The van der Waals surface area contributed by atoms with E-state index < -0.39 is 41.3 Å². The number of rotatable bonds is 4. The van der Waals surface area contributed by atoms with Gasteiger partial charge in [0.05, 0.1) is 36.3 Å². The zero-order valence-electron chi connectivity index (χ0n) is 25.6. The van der Waals surface area contributed by atoms with Gasteiger partial charge in [-0.15, -0.1) is 0 Å². The summed E-state index contributed by atoms with van der Waals surface area (Å²) in [6.07, 6.45) is -1.18. The average Bonchev–Trinajstić information content (AvgIpc) is 2.97. The topological polar surface area (TPSA) is 130 Å². The van der Waals surface area contributed by atoms with Gasteiger partial charge in [0.15, 0.2) is 11.5 Å². The number of benzene rings is 1. The maximum absolute atomic E-state index is 16.2. The molecular formula is C32H32F2N6O5. The van der Waals surface area contributed by atoms with E-state index in [1.54, 1.807) is 11.8 Å². The molecule has 3 aromatic heterocycles. The zero-order chi connectivity index (χ0) is 32.5. The first kappa shape index (κ1) is 30.0. The van der Waals surface area contributed by atoms with Gasteiger partial charge in [-0.3, -0.25) is 19.1 Å². The van der Waals surface area contributed by atoms with Crippen LogP contribution in [0.1, 0.15) is 43.6 Å². The Morgan fingerprint density at radius 3 is 2.49 bits per heavy atom. The lowest BCUT2D eigenvalue weighted by Gasteiger charge is -2.47. The van der Waals surface area contributed by atoms with Gasteiger partial charge >= 0.3 is 6.09 Å². The Kier molecular flexibility index (Phi) is 7.21. The SMILES string of the molecule is COc1cccc(F)c1-c1nc2c(cc1F)c1c(c(=O)n2-c2c(C)cc(C)nc2C(C)C)NC(=O)[C@H]2CN(C(=O)O)[C@H](C)CN12. The van der Waals surface area contributed by atoms with Crippen molar-refractivity contribution in [2.45, 2.75) is 52.6 Å². The molecule has 2 N–H and O–H groups in total. The third-order valence-corrected chi connectivity index (χ3v) is 8.44. The van der Waals surface area contributed by atoms with Crippen molar-refractivity contribution in [3.8, 4) is 22.7 Å². The van der Waals surface area contributed by atoms with E-state index in [0.29, 0.717) is 16.9 Å². The van der Waals surface area contributed by atoms with E-state index in [1.807, 2.05) is 33.8 Å². The fourth-order valence-corrected chi connectivity index (χ4v) is 6.44. The summed E-state index contributed by atoms with van der Waals surface area (Å²) < 4.78 is 38.2. The summed E-state index contributed by atoms with van der Waals surface area (Å²) in [4.78, 5) is 52.1. The molecule has 234 valence electrons. The highest BCUT2D eigenvalue weighted by Gasteiger charge is 2.44. The minimum absolute atomic E-state index is 0.0133. The maximum atomic E-state index is 16.2. The summed E-state index contributed by atoms with van der Waals surface area (Å²) in [5.41, 5.74) is 1.33. The molecule has 2 atom stereocenters. The Balaban J connectivity index is 1.76. The third-order valence-electron chi connectivity index (χ3n) is 8.44. The van der Waals surface area contributed by atoms with Crippen molar-refractivity contribution in [1.29, 1.82) is 0 Å². The molecule has 1 saturated heterocycles. The van der Waals surface area contributed by atoms with E-state index in [4.69, 9.17) is 9.72 Å². The average molecular weight is 619 g/mol. The van der Waals surface area contributed by atoms with E-state index in [9.17, 15) is 19.5 Å². The first-order valence-electron chi connectivity index (χ1n) is 14.5. The lowest BCUT2D eigenvalue weighted by molar-refractivity contribution is -0.118. The number of carbonyl (C=O) groups is 2. The van der Waals surface area contributed by atoms with Gasteiger partial charge in [-0.05, 0) is 56.5 Å². The standard InChI is InChI=1S/C32H32F2N6O5/c1-14(2)24-27(15(3)10-16(4)35-24)40-29-18(11-20(34)25(36-29)23-19(33)8-7-9-22(23)45-6)28-26(31(40)42)37-30(41)21-13-38(32(43)44)17(5)12-39(21)28/h7-11,14,17,21H,12-13H2,1-6H3,(H,37,41)(H,43,44)/t17-,21-/m1/s1. The van der Waals surface area contributed by atoms with Crippen LogP contribution >= 0.6 is 0 Å². The second-order valence-corrected chi connectivity index (χ2v) is 11.8. The number of aromatic nitrogens is 3. The summed E-state index contributed by atoms with van der Waals surface area (Å²) in [6, 6.07) is 5.53. The summed E-state index contributed by atoms with van der Waals surface area (Å²) >= 11 is 0. The molecule has 13 heteroatoms. The van der Waals surface area contributed by atoms with Crippen molar-refractivity contribution < 1.29 is 28.2 Å². The molecule has 0 unspecified atom stereocenters. The smallest absolute Gasteiger partial charge is 0.407 e. The fourth-order valence-electron chi connectivity index (χ4n) is 6.44. The number of nitrogens with zero attached hydrogens (tertiary/aromatic N) is 5. The van der Waals surface area contributed by atoms with E-state index in [1.165, 1.54) is 29.9 Å². The molecule has 0 radical (unpaired) electrons. The number of ether oxygens (including phenoxy) is 1. The highest BCUT2D eigenvalue weighted by Crippen LogP contribution is 2.42. The molecule has 11 nitrogen and oxygen atoms in total. The van der Waals surface area contributed by atoms with Crippen LogP contribution in [0.25, 0.3) is 28.0 Å². The zero-order valence-corrected chi connectivity index (χ0v) is 25.6. The second kappa shape index (κ2) is 10.8.